The van der Waals surface area contributed by atoms with Crippen molar-refractivity contribution in [2.45, 2.75) is 24.7 Å². The standard InChI is InChI=1S/C13H20FN3S.HI/c1-2-8-16-13(15)17-9-3-10-18-12-6-4-11(14)5-7-12;/h4-7H,2-3,8-10H2,1H3,(H3,15,16,17);1H. The minimum atomic E-state index is -0.194. The SMILES string of the molecule is CCCN=C(N)NCCCSc1ccc(F)cc1.I. The van der Waals surface area contributed by atoms with E-state index in [2.05, 4.69) is 17.2 Å². The predicted molar refractivity (Wildman–Crippen MR) is 91.9 cm³/mol. The number of thioether (sulfide) groups is 1. The number of guanidine groups is 1. The number of nitrogens with one attached hydrogen (secondary N) is 1. The minimum Gasteiger partial charge on any atom is -0.370 e. The summed E-state index contributed by atoms with van der Waals surface area (Å²) in [6.07, 6.45) is 1.99. The highest BCUT2D eigenvalue weighted by molar-refractivity contribution is 14.0. The molecule has 3 nitrogen and oxygen atoms in total. The second kappa shape index (κ2) is 11.3. The summed E-state index contributed by atoms with van der Waals surface area (Å²) in [5.74, 6) is 1.30. The van der Waals surface area contributed by atoms with Gasteiger partial charge in [-0.3, -0.25) is 4.99 Å². The van der Waals surface area contributed by atoms with Crippen molar-refractivity contribution in [1.82, 2.24) is 5.32 Å². The fourth-order valence-electron chi connectivity index (χ4n) is 1.30. The molecule has 3 N–H and O–H groups in total. The molecule has 1 aromatic rings. The summed E-state index contributed by atoms with van der Waals surface area (Å²) in [6.45, 7) is 3.65. The molecular weight excluding hydrogens is 376 g/mol. The number of nitrogens with two attached hydrogens (primary N) is 1. The third kappa shape index (κ3) is 9.10. The van der Waals surface area contributed by atoms with Gasteiger partial charge < -0.3 is 11.1 Å². The molecule has 0 fully saturated rings. The lowest BCUT2D eigenvalue weighted by Gasteiger charge is -2.05. The van der Waals surface area contributed by atoms with Crippen LogP contribution < -0.4 is 11.1 Å². The number of hydrogen-bond donors (Lipinski definition) is 2. The fraction of sp³-hybridized carbons (Fsp3) is 0.462. The van der Waals surface area contributed by atoms with E-state index in [1.807, 2.05) is 0 Å². The van der Waals surface area contributed by atoms with Crippen LogP contribution in [0.4, 0.5) is 4.39 Å². The highest BCUT2D eigenvalue weighted by Gasteiger charge is 1.95. The molecule has 0 saturated carbocycles. The highest BCUT2D eigenvalue weighted by atomic mass is 127. The van der Waals surface area contributed by atoms with Crippen molar-refractivity contribution in [3.63, 3.8) is 0 Å². The second-order valence-electron chi connectivity index (χ2n) is 3.85. The summed E-state index contributed by atoms with van der Waals surface area (Å²) >= 11 is 1.71. The first kappa shape index (κ1) is 18.5. The van der Waals surface area contributed by atoms with E-state index < -0.39 is 0 Å². The van der Waals surface area contributed by atoms with E-state index in [0.29, 0.717) is 5.96 Å². The lowest BCUT2D eigenvalue weighted by molar-refractivity contribution is 0.626. The van der Waals surface area contributed by atoms with Gasteiger partial charge in [-0.15, -0.1) is 35.7 Å². The Morgan fingerprint density at radius 2 is 2.05 bits per heavy atom. The van der Waals surface area contributed by atoms with Gasteiger partial charge in [0.2, 0.25) is 0 Å². The quantitative estimate of drug-likeness (QED) is 0.244. The maximum atomic E-state index is 12.7. The maximum Gasteiger partial charge on any atom is 0.188 e. The number of halogens is 2. The van der Waals surface area contributed by atoms with E-state index in [9.17, 15) is 4.39 Å². The smallest absolute Gasteiger partial charge is 0.188 e. The second-order valence-corrected chi connectivity index (χ2v) is 5.02. The van der Waals surface area contributed by atoms with Gasteiger partial charge in [-0.25, -0.2) is 4.39 Å². The Balaban J connectivity index is 0.00000324. The van der Waals surface area contributed by atoms with Crippen LogP contribution in [-0.4, -0.2) is 24.8 Å². The van der Waals surface area contributed by atoms with E-state index in [1.165, 1.54) is 12.1 Å². The molecule has 0 atom stereocenters. The van der Waals surface area contributed by atoms with Gasteiger partial charge in [0.05, 0.1) is 0 Å². The van der Waals surface area contributed by atoms with Crippen molar-refractivity contribution >= 4 is 41.7 Å². The molecule has 0 heterocycles. The van der Waals surface area contributed by atoms with Crippen LogP contribution in [0.2, 0.25) is 0 Å². The Labute approximate surface area is 135 Å². The number of rotatable bonds is 7. The molecule has 0 spiro atoms. The van der Waals surface area contributed by atoms with Crippen LogP contribution in [0.3, 0.4) is 0 Å². The molecule has 0 amide bonds. The Hall–Kier alpha value is -0.500. The maximum absolute atomic E-state index is 12.7. The normalized spacial score (nSPS) is 10.9. The van der Waals surface area contributed by atoms with Crippen LogP contribution in [0.1, 0.15) is 19.8 Å². The van der Waals surface area contributed by atoms with Gasteiger partial charge in [-0.05, 0) is 42.9 Å². The number of aliphatic imine (C=N–C) groups is 1. The van der Waals surface area contributed by atoms with Gasteiger partial charge in [0, 0.05) is 18.0 Å². The van der Waals surface area contributed by atoms with Crippen molar-refractivity contribution in [1.29, 1.82) is 0 Å². The van der Waals surface area contributed by atoms with Crippen molar-refractivity contribution in [2.24, 2.45) is 10.7 Å². The zero-order valence-corrected chi connectivity index (χ0v) is 14.2. The molecule has 19 heavy (non-hydrogen) atoms. The first-order valence-electron chi connectivity index (χ1n) is 6.14. The van der Waals surface area contributed by atoms with E-state index in [0.717, 1.165) is 36.6 Å². The van der Waals surface area contributed by atoms with Crippen molar-refractivity contribution in [2.75, 3.05) is 18.8 Å². The molecule has 0 aliphatic heterocycles. The van der Waals surface area contributed by atoms with Gasteiger partial charge in [0.1, 0.15) is 5.82 Å². The molecule has 1 rings (SSSR count). The minimum absolute atomic E-state index is 0. The number of benzene rings is 1. The van der Waals surface area contributed by atoms with Gasteiger partial charge in [0.15, 0.2) is 5.96 Å². The van der Waals surface area contributed by atoms with Crippen molar-refractivity contribution in [3.8, 4) is 0 Å². The topological polar surface area (TPSA) is 50.4 Å². The Morgan fingerprint density at radius 1 is 1.37 bits per heavy atom. The average Bonchev–Trinajstić information content (AvgIpc) is 2.38. The van der Waals surface area contributed by atoms with Gasteiger partial charge in [0.25, 0.3) is 0 Å². The first-order chi connectivity index (χ1) is 8.72. The first-order valence-corrected chi connectivity index (χ1v) is 7.13. The van der Waals surface area contributed by atoms with Crippen molar-refractivity contribution in [3.05, 3.63) is 30.1 Å². The van der Waals surface area contributed by atoms with E-state index in [-0.39, 0.29) is 29.8 Å². The lowest BCUT2D eigenvalue weighted by Crippen LogP contribution is -2.32. The summed E-state index contributed by atoms with van der Waals surface area (Å²) in [5, 5.41) is 3.07. The lowest BCUT2D eigenvalue weighted by atomic mass is 10.4. The number of nitrogens with zero attached hydrogens (tertiary/aromatic N) is 1. The summed E-state index contributed by atoms with van der Waals surface area (Å²) in [7, 11) is 0. The van der Waals surface area contributed by atoms with Gasteiger partial charge in [-0.2, -0.15) is 0 Å². The molecule has 6 heteroatoms. The van der Waals surface area contributed by atoms with Crippen LogP contribution >= 0.6 is 35.7 Å². The summed E-state index contributed by atoms with van der Waals surface area (Å²) < 4.78 is 12.7. The summed E-state index contributed by atoms with van der Waals surface area (Å²) in [6, 6.07) is 6.56. The molecule has 0 radical (unpaired) electrons. The van der Waals surface area contributed by atoms with Crippen LogP contribution in [-0.2, 0) is 0 Å². The van der Waals surface area contributed by atoms with Crippen molar-refractivity contribution < 1.29 is 4.39 Å². The van der Waals surface area contributed by atoms with Crippen LogP contribution in [0.25, 0.3) is 0 Å². The molecular formula is C13H21FIN3S. The molecule has 0 unspecified atom stereocenters. The predicted octanol–water partition coefficient (Wildman–Crippen LogP) is 3.24. The molecule has 1 aromatic carbocycles. The monoisotopic (exact) mass is 397 g/mol. The fourth-order valence-corrected chi connectivity index (χ4v) is 2.15. The van der Waals surface area contributed by atoms with Gasteiger partial charge in [-0.1, -0.05) is 6.92 Å². The van der Waals surface area contributed by atoms with E-state index in [1.54, 1.807) is 23.9 Å². The summed E-state index contributed by atoms with van der Waals surface area (Å²) in [4.78, 5) is 5.23. The molecule has 0 aromatic heterocycles. The van der Waals surface area contributed by atoms with Crippen LogP contribution in [0, 0.1) is 5.82 Å². The Morgan fingerprint density at radius 3 is 2.68 bits per heavy atom. The van der Waals surface area contributed by atoms with Gasteiger partial charge >= 0.3 is 0 Å². The summed E-state index contributed by atoms with van der Waals surface area (Å²) in [5.41, 5.74) is 5.66. The van der Waals surface area contributed by atoms with E-state index >= 15 is 0 Å². The number of hydrogen-bond acceptors (Lipinski definition) is 2. The van der Waals surface area contributed by atoms with E-state index in [4.69, 9.17) is 5.73 Å². The zero-order valence-electron chi connectivity index (χ0n) is 11.1. The third-order valence-electron chi connectivity index (χ3n) is 2.22. The Kier molecular flexibility index (Phi) is 11.0. The van der Waals surface area contributed by atoms with Crippen LogP contribution in [0.15, 0.2) is 34.2 Å². The zero-order chi connectivity index (χ0) is 13.2. The highest BCUT2D eigenvalue weighted by Crippen LogP contribution is 2.18. The Bertz CT molecular complexity index is 371. The third-order valence-corrected chi connectivity index (χ3v) is 3.31. The molecule has 0 bridgehead atoms. The average molecular weight is 397 g/mol. The largest absolute Gasteiger partial charge is 0.370 e. The molecule has 0 saturated heterocycles. The molecule has 0 aliphatic rings. The molecule has 0 aliphatic carbocycles. The molecule has 108 valence electrons. The van der Waals surface area contributed by atoms with Crippen LogP contribution in [0.5, 0.6) is 0 Å².